The lowest BCUT2D eigenvalue weighted by atomic mass is 10.1. The number of aliphatic hydroxyl groups excluding tert-OH is 2. The van der Waals surface area contributed by atoms with Crippen molar-refractivity contribution in [3.05, 3.63) is 48.0 Å². The zero-order chi connectivity index (χ0) is 21.0. The number of ether oxygens (including phenoxy) is 2. The maximum absolute atomic E-state index is 11.9. The predicted molar refractivity (Wildman–Crippen MR) is 94.2 cm³/mol. The summed E-state index contributed by atoms with van der Waals surface area (Å²) in [7, 11) is 0. The fourth-order valence-electron chi connectivity index (χ4n) is 2.67. The van der Waals surface area contributed by atoms with E-state index in [9.17, 15) is 24.6 Å². The van der Waals surface area contributed by atoms with Crippen LogP contribution >= 0.6 is 0 Å². The van der Waals surface area contributed by atoms with Crippen molar-refractivity contribution in [3.63, 3.8) is 0 Å². The summed E-state index contributed by atoms with van der Waals surface area (Å²) >= 11 is 0. The molecule has 12 nitrogen and oxygen atoms in total. The first kappa shape index (κ1) is 20.4. The second-order valence-electron chi connectivity index (χ2n) is 6.19. The van der Waals surface area contributed by atoms with Gasteiger partial charge in [0.05, 0.1) is 0 Å². The summed E-state index contributed by atoms with van der Waals surface area (Å²) in [5, 5.41) is 26.4. The maximum Gasteiger partial charge on any atom is 0.325 e. The number of nitrogens with zero attached hydrogens (tertiary/aromatic N) is 3. The van der Waals surface area contributed by atoms with Gasteiger partial charge in [-0.25, -0.2) is 9.67 Å². The van der Waals surface area contributed by atoms with E-state index >= 15 is 0 Å². The monoisotopic (exact) mass is 405 g/mol. The quantitative estimate of drug-likeness (QED) is 0.378. The van der Waals surface area contributed by atoms with Gasteiger partial charge < -0.3 is 30.7 Å². The molecule has 2 heterocycles. The highest BCUT2D eigenvalue weighted by atomic mass is 16.6. The summed E-state index contributed by atoms with van der Waals surface area (Å²) in [4.78, 5) is 38.5. The minimum absolute atomic E-state index is 0.278. The molecular formula is C17H19N5O7. The van der Waals surface area contributed by atoms with Crippen molar-refractivity contribution < 1.29 is 34.1 Å². The highest BCUT2D eigenvalue weighted by molar-refractivity contribution is 5.95. The van der Waals surface area contributed by atoms with Gasteiger partial charge in [-0.1, -0.05) is 18.2 Å². The second-order valence-corrected chi connectivity index (χ2v) is 6.19. The molecule has 1 fully saturated rings. The van der Waals surface area contributed by atoms with E-state index in [4.69, 9.17) is 15.2 Å². The number of primary amides is 1. The first-order chi connectivity index (χ1) is 13.9. The first-order valence-corrected chi connectivity index (χ1v) is 8.58. The fourth-order valence-corrected chi connectivity index (χ4v) is 2.67. The second kappa shape index (κ2) is 8.77. The third-order valence-corrected chi connectivity index (χ3v) is 4.16. The zero-order valence-electron chi connectivity index (χ0n) is 15.0. The fraction of sp³-hybridized carbons (Fsp3) is 0.353. The standard InChI is InChI=1S/C17H19N5O7/c18-14(26)15-20-8-22(21-15)17-13(25)12(24)10(29-17)7-28-11(23)6-19-16(27)9-4-2-1-3-5-9/h1-5,8,10,12-13,17,24-25H,6-7H2,(H2,18,26)(H,19,27)/t10?,12?,13-,17?/m1/s1. The number of benzene rings is 1. The molecule has 2 amide bonds. The van der Waals surface area contributed by atoms with Crippen LogP contribution in [0.2, 0.25) is 0 Å². The van der Waals surface area contributed by atoms with Gasteiger partial charge in [-0.3, -0.25) is 14.4 Å². The minimum Gasteiger partial charge on any atom is -0.461 e. The van der Waals surface area contributed by atoms with Crippen molar-refractivity contribution in [1.82, 2.24) is 20.1 Å². The summed E-state index contributed by atoms with van der Waals surface area (Å²) < 4.78 is 11.5. The molecule has 5 N–H and O–H groups in total. The normalized spacial score (nSPS) is 23.5. The summed E-state index contributed by atoms with van der Waals surface area (Å²) in [5.74, 6) is -2.33. The Kier molecular flexibility index (Phi) is 6.16. The Labute approximate surface area is 164 Å². The predicted octanol–water partition coefficient (Wildman–Crippen LogP) is -2.03. The molecular weight excluding hydrogens is 386 g/mol. The van der Waals surface area contributed by atoms with Crippen LogP contribution in [0.25, 0.3) is 0 Å². The molecule has 154 valence electrons. The van der Waals surface area contributed by atoms with Crippen molar-refractivity contribution in [2.45, 2.75) is 24.5 Å². The molecule has 0 saturated carbocycles. The molecule has 4 atom stereocenters. The Bertz CT molecular complexity index is 887. The zero-order valence-corrected chi connectivity index (χ0v) is 15.0. The van der Waals surface area contributed by atoms with Gasteiger partial charge in [0.2, 0.25) is 5.82 Å². The third kappa shape index (κ3) is 4.74. The van der Waals surface area contributed by atoms with Gasteiger partial charge in [0, 0.05) is 5.56 Å². The SMILES string of the molecule is NC(=O)c1ncn(C2OC(COC(=O)CNC(=O)c3ccccc3)C(O)[C@H]2O)n1. The summed E-state index contributed by atoms with van der Waals surface area (Å²) in [5.41, 5.74) is 5.46. The number of hydrogen-bond donors (Lipinski definition) is 4. The molecule has 1 aromatic heterocycles. The van der Waals surface area contributed by atoms with Gasteiger partial charge in [0.25, 0.3) is 11.8 Å². The van der Waals surface area contributed by atoms with Crippen LogP contribution in [-0.2, 0) is 14.3 Å². The lowest BCUT2D eigenvalue weighted by Crippen LogP contribution is -2.36. The Morgan fingerprint density at radius 1 is 1.21 bits per heavy atom. The number of hydrogen-bond acceptors (Lipinski definition) is 9. The van der Waals surface area contributed by atoms with Crippen LogP contribution in [0.1, 0.15) is 27.2 Å². The van der Waals surface area contributed by atoms with E-state index in [1.807, 2.05) is 0 Å². The number of nitrogens with two attached hydrogens (primary N) is 1. The molecule has 2 aromatic rings. The Morgan fingerprint density at radius 2 is 1.93 bits per heavy atom. The molecule has 1 saturated heterocycles. The molecule has 1 aliphatic heterocycles. The molecule has 3 rings (SSSR count). The number of rotatable bonds is 7. The highest BCUT2D eigenvalue weighted by Gasteiger charge is 2.45. The van der Waals surface area contributed by atoms with Crippen LogP contribution < -0.4 is 11.1 Å². The van der Waals surface area contributed by atoms with Gasteiger partial charge in [-0.2, -0.15) is 0 Å². The van der Waals surface area contributed by atoms with Crippen molar-refractivity contribution in [3.8, 4) is 0 Å². The van der Waals surface area contributed by atoms with Gasteiger partial charge in [-0.15, -0.1) is 5.10 Å². The lowest BCUT2D eigenvalue weighted by Gasteiger charge is -2.14. The van der Waals surface area contributed by atoms with Crippen LogP contribution in [0, 0.1) is 0 Å². The number of aliphatic hydroxyl groups is 2. The number of aromatic nitrogens is 3. The Balaban J connectivity index is 1.49. The highest BCUT2D eigenvalue weighted by Crippen LogP contribution is 2.28. The molecule has 1 aromatic carbocycles. The van der Waals surface area contributed by atoms with Crippen LogP contribution in [-0.4, -0.2) is 74.2 Å². The third-order valence-electron chi connectivity index (χ3n) is 4.16. The van der Waals surface area contributed by atoms with E-state index in [-0.39, 0.29) is 19.0 Å². The van der Waals surface area contributed by atoms with Gasteiger partial charge in [0.1, 0.15) is 37.8 Å². The van der Waals surface area contributed by atoms with E-state index in [0.29, 0.717) is 5.56 Å². The number of amides is 2. The molecule has 3 unspecified atom stereocenters. The smallest absolute Gasteiger partial charge is 0.325 e. The van der Waals surface area contributed by atoms with Crippen molar-refractivity contribution in [1.29, 1.82) is 0 Å². The van der Waals surface area contributed by atoms with E-state index in [1.165, 1.54) is 0 Å². The molecule has 29 heavy (non-hydrogen) atoms. The molecule has 1 aliphatic rings. The van der Waals surface area contributed by atoms with Gasteiger partial charge in [-0.05, 0) is 12.1 Å². The summed E-state index contributed by atoms with van der Waals surface area (Å²) in [6.45, 7) is -0.750. The largest absolute Gasteiger partial charge is 0.461 e. The molecule has 0 radical (unpaired) electrons. The van der Waals surface area contributed by atoms with Crippen molar-refractivity contribution in [2.24, 2.45) is 5.73 Å². The van der Waals surface area contributed by atoms with Crippen molar-refractivity contribution >= 4 is 17.8 Å². The van der Waals surface area contributed by atoms with E-state index in [1.54, 1.807) is 30.3 Å². The summed E-state index contributed by atoms with van der Waals surface area (Å²) in [6, 6.07) is 8.33. The number of nitrogens with one attached hydrogen (secondary N) is 1. The van der Waals surface area contributed by atoms with E-state index in [2.05, 4.69) is 15.4 Å². The van der Waals surface area contributed by atoms with Gasteiger partial charge in [0.15, 0.2) is 6.23 Å². The number of esters is 1. The minimum atomic E-state index is -1.40. The molecule has 0 bridgehead atoms. The van der Waals surface area contributed by atoms with Crippen LogP contribution in [0.15, 0.2) is 36.7 Å². The maximum atomic E-state index is 11.9. The van der Waals surface area contributed by atoms with E-state index in [0.717, 1.165) is 11.0 Å². The lowest BCUT2D eigenvalue weighted by molar-refractivity contribution is -0.149. The van der Waals surface area contributed by atoms with Crippen molar-refractivity contribution in [2.75, 3.05) is 13.2 Å². The number of carbonyl (C=O) groups is 3. The van der Waals surface area contributed by atoms with Crippen LogP contribution in [0.4, 0.5) is 0 Å². The molecule has 0 spiro atoms. The van der Waals surface area contributed by atoms with Gasteiger partial charge >= 0.3 is 5.97 Å². The van der Waals surface area contributed by atoms with Crippen LogP contribution in [0.5, 0.6) is 0 Å². The summed E-state index contributed by atoms with van der Waals surface area (Å²) in [6.07, 6.45) is -3.86. The number of carbonyl (C=O) groups excluding carboxylic acids is 3. The Hall–Kier alpha value is -3.35. The topological polar surface area (TPSA) is 179 Å². The average Bonchev–Trinajstić information content (AvgIpc) is 3.31. The average molecular weight is 405 g/mol. The first-order valence-electron chi connectivity index (χ1n) is 8.58. The van der Waals surface area contributed by atoms with Crippen LogP contribution in [0.3, 0.4) is 0 Å². The molecule has 0 aliphatic carbocycles. The van der Waals surface area contributed by atoms with E-state index < -0.39 is 42.3 Å². The Morgan fingerprint density at radius 3 is 2.59 bits per heavy atom. The molecule has 12 heteroatoms.